The number of hydrogen-bond donors (Lipinski definition) is 2. The number of piperazine rings is 1. The fraction of sp³-hybridized carbons (Fsp3) is 0.857. The quantitative estimate of drug-likeness (QED) is 0.515. The molecule has 1 aliphatic rings. The molecule has 11 heavy (non-hydrogen) atoms. The summed E-state index contributed by atoms with van der Waals surface area (Å²) in [7, 11) is 0. The Balaban J connectivity index is 2.00. The second-order valence-corrected chi connectivity index (χ2v) is 2.58. The summed E-state index contributed by atoms with van der Waals surface area (Å²) in [5, 5.41) is 6.55. The Hall–Kier alpha value is -0.610. The molecular formula is C7H13N2O2. The highest BCUT2D eigenvalue weighted by atomic mass is 16.5. The lowest BCUT2D eigenvalue weighted by atomic mass is 10.2. The first-order valence-corrected chi connectivity index (χ1v) is 3.86. The van der Waals surface area contributed by atoms with Crippen LogP contribution in [-0.2, 0) is 9.53 Å². The lowest BCUT2D eigenvalue weighted by molar-refractivity contribution is 0.247. The molecule has 0 aromatic carbocycles. The molecule has 1 radical (unpaired) electrons. The maximum atomic E-state index is 9.66. The van der Waals surface area contributed by atoms with Crippen LogP contribution in [0.3, 0.4) is 0 Å². The van der Waals surface area contributed by atoms with E-state index in [4.69, 9.17) is 0 Å². The first-order valence-electron chi connectivity index (χ1n) is 3.86. The molecule has 0 saturated carbocycles. The van der Waals surface area contributed by atoms with Crippen LogP contribution in [0.5, 0.6) is 0 Å². The van der Waals surface area contributed by atoms with E-state index in [1.165, 1.54) is 6.47 Å². The van der Waals surface area contributed by atoms with E-state index in [1.807, 2.05) is 0 Å². The van der Waals surface area contributed by atoms with Crippen molar-refractivity contribution in [2.45, 2.75) is 12.5 Å². The third-order valence-electron chi connectivity index (χ3n) is 1.75. The molecule has 63 valence electrons. The average Bonchev–Trinajstić information content (AvgIpc) is 2.07. The predicted octanol–water partition coefficient (Wildman–Crippen LogP) is -0.978. The van der Waals surface area contributed by atoms with E-state index in [2.05, 4.69) is 15.4 Å². The molecule has 4 nitrogen and oxygen atoms in total. The van der Waals surface area contributed by atoms with Gasteiger partial charge in [0.15, 0.2) is 0 Å². The van der Waals surface area contributed by atoms with Gasteiger partial charge >= 0.3 is 6.47 Å². The average molecular weight is 157 g/mol. The van der Waals surface area contributed by atoms with Crippen molar-refractivity contribution in [1.82, 2.24) is 10.6 Å². The first kappa shape index (κ1) is 8.49. The molecule has 1 unspecified atom stereocenters. The zero-order valence-corrected chi connectivity index (χ0v) is 6.43. The molecule has 1 fully saturated rings. The smallest absolute Gasteiger partial charge is 0.417 e. The first-order chi connectivity index (χ1) is 5.43. The molecule has 0 aromatic rings. The molecule has 1 aliphatic heterocycles. The van der Waals surface area contributed by atoms with Gasteiger partial charge in [-0.2, -0.15) is 0 Å². The maximum absolute atomic E-state index is 9.66. The molecule has 1 atom stereocenters. The van der Waals surface area contributed by atoms with E-state index in [0.717, 1.165) is 26.1 Å². The van der Waals surface area contributed by atoms with Crippen LogP contribution < -0.4 is 10.6 Å². The number of ether oxygens (including phenoxy) is 1. The second-order valence-electron chi connectivity index (χ2n) is 2.58. The Morgan fingerprint density at radius 2 is 2.45 bits per heavy atom. The molecule has 2 N–H and O–H groups in total. The number of rotatable bonds is 4. The van der Waals surface area contributed by atoms with Crippen molar-refractivity contribution in [2.75, 3.05) is 26.2 Å². The minimum absolute atomic E-state index is 0.442. The van der Waals surface area contributed by atoms with Gasteiger partial charge in [-0.05, 0) is 6.42 Å². The van der Waals surface area contributed by atoms with E-state index in [0.29, 0.717) is 12.6 Å². The van der Waals surface area contributed by atoms with Crippen LogP contribution in [-0.4, -0.2) is 38.8 Å². The summed E-state index contributed by atoms with van der Waals surface area (Å²) < 4.78 is 4.46. The van der Waals surface area contributed by atoms with Gasteiger partial charge in [-0.25, -0.2) is 4.79 Å². The summed E-state index contributed by atoms with van der Waals surface area (Å²) in [4.78, 5) is 9.66. The van der Waals surface area contributed by atoms with Gasteiger partial charge in [-0.15, -0.1) is 0 Å². The zero-order chi connectivity index (χ0) is 7.94. The largest absolute Gasteiger partial charge is 0.457 e. The molecule has 0 aromatic heterocycles. The van der Waals surface area contributed by atoms with Gasteiger partial charge in [-0.3, -0.25) is 0 Å². The van der Waals surface area contributed by atoms with Crippen molar-refractivity contribution >= 4 is 6.47 Å². The minimum atomic E-state index is 0.442. The van der Waals surface area contributed by atoms with E-state index in [9.17, 15) is 4.79 Å². The SMILES string of the molecule is O=[C]OCCC1CNCCN1. The predicted molar refractivity (Wildman–Crippen MR) is 40.9 cm³/mol. The van der Waals surface area contributed by atoms with Gasteiger partial charge < -0.3 is 15.4 Å². The van der Waals surface area contributed by atoms with Crippen LogP contribution in [0.4, 0.5) is 0 Å². The van der Waals surface area contributed by atoms with Gasteiger partial charge in [0.25, 0.3) is 0 Å². The van der Waals surface area contributed by atoms with Crippen LogP contribution in [0.15, 0.2) is 0 Å². The van der Waals surface area contributed by atoms with E-state index in [-0.39, 0.29) is 0 Å². The third kappa shape index (κ3) is 3.34. The fourth-order valence-electron chi connectivity index (χ4n) is 1.16. The molecule has 0 aliphatic carbocycles. The highest BCUT2D eigenvalue weighted by Gasteiger charge is 2.10. The van der Waals surface area contributed by atoms with Crippen molar-refractivity contribution in [3.63, 3.8) is 0 Å². The van der Waals surface area contributed by atoms with Crippen LogP contribution in [0, 0.1) is 0 Å². The standard InChI is InChI=1S/C7H13N2O2/c10-6-11-4-1-7-5-8-2-3-9-7/h7-9H,1-5H2. The lowest BCUT2D eigenvalue weighted by Crippen LogP contribution is -2.48. The van der Waals surface area contributed by atoms with Gasteiger partial charge in [0.1, 0.15) is 0 Å². The zero-order valence-electron chi connectivity index (χ0n) is 6.43. The van der Waals surface area contributed by atoms with E-state index in [1.54, 1.807) is 0 Å². The maximum Gasteiger partial charge on any atom is 0.417 e. The Bertz CT molecular complexity index is 113. The van der Waals surface area contributed by atoms with E-state index >= 15 is 0 Å². The summed E-state index contributed by atoms with van der Waals surface area (Å²) in [5.74, 6) is 0. The van der Waals surface area contributed by atoms with Crippen molar-refractivity contribution in [3.8, 4) is 0 Å². The van der Waals surface area contributed by atoms with Crippen molar-refractivity contribution < 1.29 is 9.53 Å². The molecular weight excluding hydrogens is 144 g/mol. The van der Waals surface area contributed by atoms with Crippen LogP contribution >= 0.6 is 0 Å². The van der Waals surface area contributed by atoms with Gasteiger partial charge in [0, 0.05) is 25.7 Å². The lowest BCUT2D eigenvalue weighted by Gasteiger charge is -2.23. The van der Waals surface area contributed by atoms with Gasteiger partial charge in [0.05, 0.1) is 6.61 Å². The van der Waals surface area contributed by atoms with Crippen molar-refractivity contribution in [3.05, 3.63) is 0 Å². The normalized spacial score (nSPS) is 24.5. The van der Waals surface area contributed by atoms with E-state index < -0.39 is 0 Å². The van der Waals surface area contributed by atoms with Crippen LogP contribution in [0.1, 0.15) is 6.42 Å². The molecule has 1 heterocycles. The van der Waals surface area contributed by atoms with Crippen molar-refractivity contribution in [2.24, 2.45) is 0 Å². The van der Waals surface area contributed by atoms with Gasteiger partial charge in [-0.1, -0.05) is 0 Å². The molecule has 0 amide bonds. The summed E-state index contributed by atoms with van der Waals surface area (Å²) in [6.45, 7) is 4.85. The Labute approximate surface area is 66.3 Å². The summed E-state index contributed by atoms with van der Waals surface area (Å²) in [5.41, 5.74) is 0. The molecule has 4 heteroatoms. The van der Waals surface area contributed by atoms with Gasteiger partial charge in [0.2, 0.25) is 0 Å². The summed E-state index contributed by atoms with van der Waals surface area (Å²) >= 11 is 0. The summed E-state index contributed by atoms with van der Waals surface area (Å²) in [6, 6.07) is 0.442. The Kier molecular flexibility index (Phi) is 3.93. The monoisotopic (exact) mass is 157 g/mol. The van der Waals surface area contributed by atoms with Crippen LogP contribution in [0.2, 0.25) is 0 Å². The third-order valence-corrected chi connectivity index (χ3v) is 1.75. The number of hydrogen-bond acceptors (Lipinski definition) is 4. The molecule has 0 bridgehead atoms. The Morgan fingerprint density at radius 3 is 3.09 bits per heavy atom. The number of carbonyl (C=O) groups excluding carboxylic acids is 1. The fourth-order valence-corrected chi connectivity index (χ4v) is 1.16. The number of nitrogens with one attached hydrogen (secondary N) is 2. The minimum Gasteiger partial charge on any atom is -0.457 e. The highest BCUT2D eigenvalue weighted by molar-refractivity contribution is 5.38. The Morgan fingerprint density at radius 1 is 1.55 bits per heavy atom. The topological polar surface area (TPSA) is 50.4 Å². The second kappa shape index (κ2) is 5.09. The highest BCUT2D eigenvalue weighted by Crippen LogP contribution is 1.93. The van der Waals surface area contributed by atoms with Crippen molar-refractivity contribution in [1.29, 1.82) is 0 Å². The summed E-state index contributed by atoms with van der Waals surface area (Å²) in [6.07, 6.45) is 0.863. The molecule has 0 spiro atoms. The van der Waals surface area contributed by atoms with Crippen LogP contribution in [0.25, 0.3) is 0 Å². The molecule has 1 saturated heterocycles. The molecule has 1 rings (SSSR count).